The highest BCUT2D eigenvalue weighted by Crippen LogP contribution is 2.11. The first-order valence-electron chi connectivity index (χ1n) is 7.84. The molecule has 5 nitrogen and oxygen atoms in total. The van der Waals surface area contributed by atoms with Crippen LogP contribution in [0.15, 0.2) is 59.5 Å². The Hall–Kier alpha value is -2.18. The predicted molar refractivity (Wildman–Crippen MR) is 94.2 cm³/mol. The summed E-state index contributed by atoms with van der Waals surface area (Å²) in [5, 5.41) is 2.71. The van der Waals surface area contributed by atoms with Gasteiger partial charge in [-0.3, -0.25) is 4.79 Å². The number of carbonyl (C=O) groups is 1. The average Bonchev–Trinajstić information content (AvgIpc) is 2.56. The van der Waals surface area contributed by atoms with Gasteiger partial charge in [-0.2, -0.15) is 0 Å². The zero-order valence-corrected chi connectivity index (χ0v) is 14.5. The number of hydrogen-bond donors (Lipinski definition) is 2. The van der Waals surface area contributed by atoms with Gasteiger partial charge in [-0.05, 0) is 36.1 Å². The molecule has 2 rings (SSSR count). The molecule has 0 fully saturated rings. The van der Waals surface area contributed by atoms with E-state index in [1.807, 2.05) is 30.3 Å². The van der Waals surface area contributed by atoms with Crippen LogP contribution >= 0.6 is 0 Å². The Morgan fingerprint density at radius 3 is 2.08 bits per heavy atom. The number of amides is 1. The molecule has 2 N–H and O–H groups in total. The van der Waals surface area contributed by atoms with E-state index in [1.54, 1.807) is 24.3 Å². The molecule has 0 aromatic heterocycles. The lowest BCUT2D eigenvalue weighted by Gasteiger charge is -2.08. The van der Waals surface area contributed by atoms with Crippen molar-refractivity contribution >= 4 is 15.9 Å². The molecule has 0 heterocycles. The lowest BCUT2D eigenvalue weighted by molar-refractivity contribution is -0.118. The molecule has 0 spiro atoms. The van der Waals surface area contributed by atoms with Crippen LogP contribution in [0.4, 0.5) is 0 Å². The van der Waals surface area contributed by atoms with E-state index in [0.717, 1.165) is 11.1 Å². The Bertz CT molecular complexity index is 757. The van der Waals surface area contributed by atoms with E-state index >= 15 is 0 Å². The van der Waals surface area contributed by atoms with Gasteiger partial charge in [-0.15, -0.1) is 0 Å². The number of rotatable bonds is 8. The Kier molecular flexibility index (Phi) is 6.52. The van der Waals surface area contributed by atoms with Crippen molar-refractivity contribution in [2.75, 3.05) is 13.1 Å². The van der Waals surface area contributed by atoms with Gasteiger partial charge in [0, 0.05) is 20.0 Å². The summed E-state index contributed by atoms with van der Waals surface area (Å²) in [4.78, 5) is 11.1. The van der Waals surface area contributed by atoms with Crippen molar-refractivity contribution in [1.82, 2.24) is 10.0 Å². The van der Waals surface area contributed by atoms with E-state index in [1.165, 1.54) is 6.92 Å². The zero-order valence-electron chi connectivity index (χ0n) is 13.7. The predicted octanol–water partition coefficient (Wildman–Crippen LogP) is 1.89. The van der Waals surface area contributed by atoms with Gasteiger partial charge in [0.25, 0.3) is 0 Å². The van der Waals surface area contributed by atoms with E-state index in [9.17, 15) is 13.2 Å². The fourth-order valence-corrected chi connectivity index (χ4v) is 3.31. The zero-order chi connectivity index (χ0) is 17.4. The minimum Gasteiger partial charge on any atom is -0.356 e. The first-order chi connectivity index (χ1) is 11.5. The largest absolute Gasteiger partial charge is 0.356 e. The van der Waals surface area contributed by atoms with Gasteiger partial charge < -0.3 is 5.32 Å². The van der Waals surface area contributed by atoms with E-state index in [0.29, 0.717) is 25.9 Å². The van der Waals surface area contributed by atoms with Gasteiger partial charge in [0.15, 0.2) is 0 Å². The molecule has 0 atom stereocenters. The molecular weight excluding hydrogens is 324 g/mol. The highest BCUT2D eigenvalue weighted by atomic mass is 32.2. The van der Waals surface area contributed by atoms with Crippen LogP contribution in [0.25, 0.3) is 0 Å². The first kappa shape index (κ1) is 18.2. The smallest absolute Gasteiger partial charge is 0.240 e. The molecule has 0 aliphatic rings. The molecular formula is C18H22N2O3S. The molecule has 6 heteroatoms. The molecule has 0 unspecified atom stereocenters. The summed E-state index contributed by atoms with van der Waals surface area (Å²) in [6.45, 7) is 2.37. The molecule has 0 aliphatic carbocycles. The topological polar surface area (TPSA) is 75.3 Å². The second-order valence-electron chi connectivity index (χ2n) is 5.51. The molecule has 128 valence electrons. The van der Waals surface area contributed by atoms with Crippen LogP contribution in [0.1, 0.15) is 18.1 Å². The van der Waals surface area contributed by atoms with Gasteiger partial charge >= 0.3 is 0 Å². The summed E-state index contributed by atoms with van der Waals surface area (Å²) >= 11 is 0. The van der Waals surface area contributed by atoms with Gasteiger partial charge in [0.2, 0.25) is 15.9 Å². The van der Waals surface area contributed by atoms with Crippen molar-refractivity contribution in [1.29, 1.82) is 0 Å². The molecule has 24 heavy (non-hydrogen) atoms. The Labute approximate surface area is 143 Å². The second kappa shape index (κ2) is 8.61. The quantitative estimate of drug-likeness (QED) is 0.766. The number of benzene rings is 2. The molecule has 0 radical (unpaired) electrons. The van der Waals surface area contributed by atoms with Crippen LogP contribution < -0.4 is 10.0 Å². The maximum Gasteiger partial charge on any atom is 0.240 e. The Balaban J connectivity index is 1.88. The molecule has 1 amide bonds. The first-order valence-corrected chi connectivity index (χ1v) is 9.33. The summed E-state index contributed by atoms with van der Waals surface area (Å²) < 4.78 is 27.2. The SMILES string of the molecule is CC(=O)NCCc1ccc(S(=O)(=O)NCCc2ccccc2)cc1. The normalized spacial score (nSPS) is 11.2. The van der Waals surface area contributed by atoms with Crippen LogP contribution in [-0.4, -0.2) is 27.4 Å². The standard InChI is InChI=1S/C18H22N2O3S/c1-15(21)19-13-11-17-7-9-18(10-8-17)24(22,23)20-14-12-16-5-3-2-4-6-16/h2-10,20H,11-14H2,1H3,(H,19,21). The third kappa shape index (κ3) is 5.79. The monoisotopic (exact) mass is 346 g/mol. The molecule has 0 saturated heterocycles. The summed E-state index contributed by atoms with van der Waals surface area (Å²) in [7, 11) is -3.50. The summed E-state index contributed by atoms with van der Waals surface area (Å²) in [6, 6.07) is 16.5. The summed E-state index contributed by atoms with van der Waals surface area (Å²) in [5.74, 6) is -0.0724. The third-order valence-electron chi connectivity index (χ3n) is 3.57. The fraction of sp³-hybridized carbons (Fsp3) is 0.278. The maximum atomic E-state index is 12.3. The van der Waals surface area contributed by atoms with Crippen molar-refractivity contribution in [3.63, 3.8) is 0 Å². The van der Waals surface area contributed by atoms with Gasteiger partial charge in [-0.1, -0.05) is 42.5 Å². The minimum absolute atomic E-state index is 0.0724. The van der Waals surface area contributed by atoms with Crippen LogP contribution in [0.5, 0.6) is 0 Å². The summed E-state index contributed by atoms with van der Waals surface area (Å²) in [5.41, 5.74) is 2.07. The highest BCUT2D eigenvalue weighted by Gasteiger charge is 2.13. The minimum atomic E-state index is -3.50. The van der Waals surface area contributed by atoms with Gasteiger partial charge in [0.05, 0.1) is 4.90 Å². The molecule has 2 aromatic rings. The lowest BCUT2D eigenvalue weighted by Crippen LogP contribution is -2.26. The average molecular weight is 346 g/mol. The third-order valence-corrected chi connectivity index (χ3v) is 5.05. The van der Waals surface area contributed by atoms with Crippen molar-refractivity contribution in [2.45, 2.75) is 24.7 Å². The fourth-order valence-electron chi connectivity index (χ4n) is 2.28. The Morgan fingerprint density at radius 1 is 0.875 bits per heavy atom. The van der Waals surface area contributed by atoms with Crippen molar-refractivity contribution in [2.24, 2.45) is 0 Å². The Morgan fingerprint density at radius 2 is 1.46 bits per heavy atom. The number of hydrogen-bond acceptors (Lipinski definition) is 3. The highest BCUT2D eigenvalue weighted by molar-refractivity contribution is 7.89. The van der Waals surface area contributed by atoms with Crippen molar-refractivity contribution in [3.8, 4) is 0 Å². The number of sulfonamides is 1. The maximum absolute atomic E-state index is 12.3. The van der Waals surface area contributed by atoms with E-state index in [2.05, 4.69) is 10.0 Å². The van der Waals surface area contributed by atoms with Crippen LogP contribution in [0, 0.1) is 0 Å². The van der Waals surface area contributed by atoms with Crippen LogP contribution in [0.2, 0.25) is 0 Å². The molecule has 2 aromatic carbocycles. The van der Waals surface area contributed by atoms with Crippen molar-refractivity contribution in [3.05, 3.63) is 65.7 Å². The summed E-state index contributed by atoms with van der Waals surface area (Å²) in [6.07, 6.45) is 1.32. The van der Waals surface area contributed by atoms with Crippen molar-refractivity contribution < 1.29 is 13.2 Å². The van der Waals surface area contributed by atoms with Gasteiger partial charge in [-0.25, -0.2) is 13.1 Å². The second-order valence-corrected chi connectivity index (χ2v) is 7.28. The van der Waals surface area contributed by atoms with E-state index in [-0.39, 0.29) is 10.8 Å². The van der Waals surface area contributed by atoms with Gasteiger partial charge in [0.1, 0.15) is 0 Å². The van der Waals surface area contributed by atoms with Crippen LogP contribution in [-0.2, 0) is 27.7 Å². The van der Waals surface area contributed by atoms with E-state index in [4.69, 9.17) is 0 Å². The van der Waals surface area contributed by atoms with E-state index < -0.39 is 10.0 Å². The molecule has 0 bridgehead atoms. The molecule has 0 aliphatic heterocycles. The van der Waals surface area contributed by atoms with Crippen LogP contribution in [0.3, 0.4) is 0 Å². The number of nitrogens with one attached hydrogen (secondary N) is 2. The number of carbonyl (C=O) groups excluding carboxylic acids is 1. The lowest BCUT2D eigenvalue weighted by atomic mass is 10.1. The molecule has 0 saturated carbocycles.